The van der Waals surface area contributed by atoms with Crippen molar-refractivity contribution >= 4 is 11.6 Å². The maximum atomic E-state index is 12.7. The maximum Gasteiger partial charge on any atom is 0.259 e. The number of carbonyl (C=O) groups is 1. The second kappa shape index (κ2) is 7.76. The molecule has 1 aliphatic heterocycles. The summed E-state index contributed by atoms with van der Waals surface area (Å²) in [7, 11) is 0. The Bertz CT molecular complexity index is 798. The summed E-state index contributed by atoms with van der Waals surface area (Å²) in [5.74, 6) is -0.676. The van der Waals surface area contributed by atoms with Crippen LogP contribution in [0.15, 0.2) is 36.4 Å². The molecule has 1 fully saturated rings. The van der Waals surface area contributed by atoms with Crippen LogP contribution in [0.25, 0.3) is 0 Å². The minimum absolute atomic E-state index is 0.0175. The number of nitrogens with one attached hydrogen (secondary N) is 2. The number of phenols is 2. The van der Waals surface area contributed by atoms with Gasteiger partial charge in [-0.05, 0) is 23.6 Å². The molecule has 1 saturated heterocycles. The number of ether oxygens (including phenoxy) is 1. The molecule has 6 heteroatoms. The Morgan fingerprint density at radius 3 is 2.69 bits per heavy atom. The van der Waals surface area contributed by atoms with Gasteiger partial charge in [0, 0.05) is 30.4 Å². The van der Waals surface area contributed by atoms with Gasteiger partial charge in [0.15, 0.2) is 0 Å². The highest BCUT2D eigenvalue weighted by Crippen LogP contribution is 2.33. The Kier molecular flexibility index (Phi) is 5.44. The molecular formula is C20H24N2O4. The molecule has 0 spiro atoms. The molecular weight excluding hydrogens is 332 g/mol. The molecule has 0 radical (unpaired) electrons. The van der Waals surface area contributed by atoms with Crippen LogP contribution in [0.1, 0.15) is 47.4 Å². The first kappa shape index (κ1) is 18.2. The number of carbonyl (C=O) groups excluding carboxylic acids is 1. The molecule has 0 bridgehead atoms. The number of morpholine rings is 1. The number of rotatable bonds is 4. The summed E-state index contributed by atoms with van der Waals surface area (Å²) in [4.78, 5) is 12.7. The average Bonchev–Trinajstić information content (AvgIpc) is 2.62. The highest BCUT2D eigenvalue weighted by atomic mass is 16.5. The van der Waals surface area contributed by atoms with E-state index in [9.17, 15) is 15.0 Å². The summed E-state index contributed by atoms with van der Waals surface area (Å²) in [5.41, 5.74) is 2.27. The van der Waals surface area contributed by atoms with E-state index in [0.29, 0.717) is 24.4 Å². The van der Waals surface area contributed by atoms with Crippen molar-refractivity contribution in [2.45, 2.75) is 25.9 Å². The maximum absolute atomic E-state index is 12.7. The zero-order chi connectivity index (χ0) is 18.7. The van der Waals surface area contributed by atoms with Crippen LogP contribution in [0, 0.1) is 0 Å². The van der Waals surface area contributed by atoms with Gasteiger partial charge in [0.25, 0.3) is 5.91 Å². The van der Waals surface area contributed by atoms with Crippen LogP contribution in [0.3, 0.4) is 0 Å². The fourth-order valence-corrected chi connectivity index (χ4v) is 3.08. The lowest BCUT2D eigenvalue weighted by atomic mass is 9.98. The van der Waals surface area contributed by atoms with E-state index in [-0.39, 0.29) is 29.1 Å². The molecule has 0 aliphatic carbocycles. The Hall–Kier alpha value is -2.57. The highest BCUT2D eigenvalue weighted by Gasteiger charge is 2.21. The van der Waals surface area contributed by atoms with Gasteiger partial charge >= 0.3 is 0 Å². The first-order chi connectivity index (χ1) is 12.5. The number of hydrogen-bond donors (Lipinski definition) is 4. The minimum atomic E-state index is -0.430. The number of amides is 1. The molecule has 4 N–H and O–H groups in total. The molecule has 1 atom stereocenters. The van der Waals surface area contributed by atoms with Crippen molar-refractivity contribution in [2.24, 2.45) is 0 Å². The van der Waals surface area contributed by atoms with Crippen LogP contribution in [0.2, 0.25) is 0 Å². The van der Waals surface area contributed by atoms with E-state index in [1.807, 2.05) is 38.1 Å². The highest BCUT2D eigenvalue weighted by molar-refractivity contribution is 6.06. The van der Waals surface area contributed by atoms with Gasteiger partial charge in [-0.25, -0.2) is 0 Å². The van der Waals surface area contributed by atoms with Crippen molar-refractivity contribution < 1.29 is 19.7 Å². The van der Waals surface area contributed by atoms with Crippen molar-refractivity contribution in [1.29, 1.82) is 0 Å². The molecule has 2 aromatic carbocycles. The summed E-state index contributed by atoms with van der Waals surface area (Å²) < 4.78 is 5.79. The third-order valence-electron chi connectivity index (χ3n) is 4.50. The number of para-hydroxylation sites is 1. The predicted molar refractivity (Wildman–Crippen MR) is 99.8 cm³/mol. The Morgan fingerprint density at radius 1 is 1.23 bits per heavy atom. The lowest BCUT2D eigenvalue weighted by Gasteiger charge is -2.26. The lowest BCUT2D eigenvalue weighted by Crippen LogP contribution is -2.33. The zero-order valence-corrected chi connectivity index (χ0v) is 15.0. The third kappa shape index (κ3) is 3.81. The number of aromatic hydroxyl groups is 2. The van der Waals surface area contributed by atoms with Crippen LogP contribution in [0.4, 0.5) is 5.69 Å². The van der Waals surface area contributed by atoms with Crippen molar-refractivity contribution in [3.05, 3.63) is 53.1 Å². The molecule has 6 nitrogen and oxygen atoms in total. The second-order valence-corrected chi connectivity index (χ2v) is 6.69. The van der Waals surface area contributed by atoms with Gasteiger partial charge in [-0.2, -0.15) is 0 Å². The van der Waals surface area contributed by atoms with E-state index in [2.05, 4.69) is 10.6 Å². The second-order valence-electron chi connectivity index (χ2n) is 6.69. The van der Waals surface area contributed by atoms with Crippen LogP contribution < -0.4 is 10.6 Å². The largest absolute Gasteiger partial charge is 0.508 e. The van der Waals surface area contributed by atoms with Gasteiger partial charge in [0.05, 0.1) is 18.3 Å². The van der Waals surface area contributed by atoms with Crippen molar-refractivity contribution in [3.63, 3.8) is 0 Å². The van der Waals surface area contributed by atoms with Gasteiger partial charge in [-0.3, -0.25) is 4.79 Å². The summed E-state index contributed by atoms with van der Waals surface area (Å²) in [5, 5.41) is 26.2. The average molecular weight is 356 g/mol. The number of phenolic OH excluding ortho intramolecular Hbond substituents is 2. The molecule has 0 saturated carbocycles. The molecule has 2 aromatic rings. The molecule has 1 unspecified atom stereocenters. The summed E-state index contributed by atoms with van der Waals surface area (Å²) >= 11 is 0. The number of benzene rings is 2. The zero-order valence-electron chi connectivity index (χ0n) is 15.0. The normalized spacial score (nSPS) is 17.3. The van der Waals surface area contributed by atoms with E-state index in [1.165, 1.54) is 12.1 Å². The summed E-state index contributed by atoms with van der Waals surface area (Å²) in [6, 6.07) is 10.2. The van der Waals surface area contributed by atoms with Crippen molar-refractivity contribution in [2.75, 3.05) is 25.0 Å². The molecule has 1 amide bonds. The van der Waals surface area contributed by atoms with Gasteiger partial charge in [0.1, 0.15) is 11.5 Å². The molecule has 1 heterocycles. The quantitative estimate of drug-likeness (QED) is 0.676. The Morgan fingerprint density at radius 2 is 2.00 bits per heavy atom. The van der Waals surface area contributed by atoms with Gasteiger partial charge in [-0.15, -0.1) is 0 Å². The van der Waals surface area contributed by atoms with E-state index in [4.69, 9.17) is 4.74 Å². The van der Waals surface area contributed by atoms with E-state index in [1.54, 1.807) is 0 Å². The Balaban J connectivity index is 1.88. The smallest absolute Gasteiger partial charge is 0.259 e. The molecule has 3 rings (SSSR count). The van der Waals surface area contributed by atoms with Crippen LogP contribution in [-0.2, 0) is 4.74 Å². The first-order valence-electron chi connectivity index (χ1n) is 8.76. The number of hydrogen-bond acceptors (Lipinski definition) is 5. The predicted octanol–water partition coefficient (Wildman–Crippen LogP) is 3.13. The number of anilines is 1. The molecule has 26 heavy (non-hydrogen) atoms. The first-order valence-corrected chi connectivity index (χ1v) is 8.76. The van der Waals surface area contributed by atoms with Gasteiger partial charge < -0.3 is 25.6 Å². The van der Waals surface area contributed by atoms with E-state index < -0.39 is 5.91 Å². The van der Waals surface area contributed by atoms with Crippen LogP contribution in [0.5, 0.6) is 11.5 Å². The lowest BCUT2D eigenvalue weighted by molar-refractivity contribution is 0.0281. The van der Waals surface area contributed by atoms with Gasteiger partial charge in [-0.1, -0.05) is 32.0 Å². The standard InChI is InChI=1S/C20H24N2O4/c1-12(2)14-9-15(18(24)10-17(14)23)20(25)22-16-6-4-3-5-13(16)19-11-21-7-8-26-19/h3-6,9-10,12,19,21,23-24H,7-8,11H2,1-2H3,(H,22,25). The van der Waals surface area contributed by atoms with Gasteiger partial charge in [0.2, 0.25) is 0 Å². The third-order valence-corrected chi connectivity index (χ3v) is 4.50. The topological polar surface area (TPSA) is 90.8 Å². The van der Waals surface area contributed by atoms with Crippen molar-refractivity contribution in [3.8, 4) is 11.5 Å². The SMILES string of the molecule is CC(C)c1cc(C(=O)Nc2ccccc2C2CNCCO2)c(O)cc1O. The molecule has 1 aliphatic rings. The van der Waals surface area contributed by atoms with E-state index in [0.717, 1.165) is 12.1 Å². The van der Waals surface area contributed by atoms with E-state index >= 15 is 0 Å². The summed E-state index contributed by atoms with van der Waals surface area (Å²) in [6.45, 7) is 5.93. The monoisotopic (exact) mass is 356 g/mol. The molecule has 0 aromatic heterocycles. The molecule has 138 valence electrons. The Labute approximate surface area is 152 Å². The minimum Gasteiger partial charge on any atom is -0.508 e. The van der Waals surface area contributed by atoms with Crippen LogP contribution in [-0.4, -0.2) is 35.8 Å². The van der Waals surface area contributed by atoms with Crippen LogP contribution >= 0.6 is 0 Å². The fraction of sp³-hybridized carbons (Fsp3) is 0.350. The summed E-state index contributed by atoms with van der Waals surface area (Å²) in [6.07, 6.45) is -0.139. The van der Waals surface area contributed by atoms with Crippen molar-refractivity contribution in [1.82, 2.24) is 5.32 Å². The fourth-order valence-electron chi connectivity index (χ4n) is 3.08.